The fourth-order valence-corrected chi connectivity index (χ4v) is 0.0722. The van der Waals surface area contributed by atoms with E-state index in [1.807, 2.05) is 6.08 Å². The standard InChI is InChI=1S/C4H5O2.Y/c1-3-4(5)6-2;/h1H2,2H3;/q-1;. The van der Waals surface area contributed by atoms with E-state index in [0.29, 0.717) is 0 Å². The van der Waals surface area contributed by atoms with Gasteiger partial charge in [0.15, 0.2) is 0 Å². The number of ether oxygens (including phenoxy) is 1. The van der Waals surface area contributed by atoms with Gasteiger partial charge in [-0.3, -0.25) is 11.4 Å². The molecule has 0 aromatic rings. The molecule has 0 spiro atoms. The number of hydrogen-bond donors (Lipinski definition) is 0. The fourth-order valence-electron chi connectivity index (χ4n) is 0.0722. The third kappa shape index (κ3) is 6.31. The molecule has 0 saturated heterocycles. The van der Waals surface area contributed by atoms with Crippen LogP contribution in [0, 0.1) is 6.08 Å². The molecule has 0 bridgehead atoms. The number of carbonyl (C=O) groups excluding carboxylic acids is 1. The van der Waals surface area contributed by atoms with E-state index in [4.69, 9.17) is 0 Å². The Bertz CT molecular complexity index is 70.1. The Hall–Kier alpha value is 0.314. The Kier molecular flexibility index (Phi) is 9.31. The molecular weight excluding hydrogens is 169 g/mol. The van der Waals surface area contributed by atoms with Gasteiger partial charge in [0.2, 0.25) is 0 Å². The SMILES string of the molecule is C=[C-]C(=O)OC.[Y]. The van der Waals surface area contributed by atoms with Gasteiger partial charge in [-0.2, -0.15) is 0 Å². The Morgan fingerprint density at radius 1 is 1.86 bits per heavy atom. The zero-order valence-electron chi connectivity index (χ0n) is 4.10. The summed E-state index contributed by atoms with van der Waals surface area (Å²) in [5.74, 6) is -0.519. The molecule has 0 aromatic carbocycles. The van der Waals surface area contributed by atoms with Crippen molar-refractivity contribution in [3.05, 3.63) is 12.7 Å². The van der Waals surface area contributed by atoms with Crippen LogP contribution in [-0.2, 0) is 42.2 Å². The molecule has 7 heavy (non-hydrogen) atoms. The molecule has 0 aliphatic carbocycles. The Morgan fingerprint density at radius 3 is 2.29 bits per heavy atom. The molecule has 1 radical (unpaired) electrons. The molecule has 2 nitrogen and oxygen atoms in total. The monoisotopic (exact) mass is 174 g/mol. The third-order valence-electron chi connectivity index (χ3n) is 0.330. The molecule has 0 saturated carbocycles. The summed E-state index contributed by atoms with van der Waals surface area (Å²) < 4.78 is 4.09. The second kappa shape index (κ2) is 6.31. The van der Waals surface area contributed by atoms with Crippen LogP contribution in [0.4, 0.5) is 0 Å². The zero-order valence-corrected chi connectivity index (χ0v) is 6.94. The van der Waals surface area contributed by atoms with Crippen molar-refractivity contribution in [3.8, 4) is 0 Å². The Labute approximate surface area is 67.8 Å². The molecule has 0 fully saturated rings. The van der Waals surface area contributed by atoms with Crippen LogP contribution in [0.2, 0.25) is 0 Å². The maximum Gasteiger partial charge on any atom is 0.146 e. The molecule has 0 amide bonds. The van der Waals surface area contributed by atoms with Crippen LogP contribution in [0.15, 0.2) is 6.58 Å². The number of rotatable bonds is 1. The van der Waals surface area contributed by atoms with Gasteiger partial charge in [-0.05, 0) is 0 Å². The van der Waals surface area contributed by atoms with Gasteiger partial charge in [-0.15, -0.1) is 0 Å². The van der Waals surface area contributed by atoms with Crippen LogP contribution >= 0.6 is 0 Å². The van der Waals surface area contributed by atoms with E-state index in [2.05, 4.69) is 11.3 Å². The molecule has 0 heterocycles. The van der Waals surface area contributed by atoms with Gasteiger partial charge in [-0.1, -0.05) is 0 Å². The predicted molar refractivity (Wildman–Crippen MR) is 20.9 cm³/mol. The molecule has 37 valence electrons. The minimum absolute atomic E-state index is 0. The summed E-state index contributed by atoms with van der Waals surface area (Å²) in [6, 6.07) is 0. The van der Waals surface area contributed by atoms with Crippen molar-refractivity contribution in [1.82, 2.24) is 0 Å². The van der Waals surface area contributed by atoms with E-state index in [9.17, 15) is 4.79 Å². The largest absolute Gasteiger partial charge is 0.493 e. The van der Waals surface area contributed by atoms with Gasteiger partial charge in [0, 0.05) is 32.7 Å². The van der Waals surface area contributed by atoms with Gasteiger partial charge < -0.3 is 10.8 Å². The van der Waals surface area contributed by atoms with Gasteiger partial charge in [0.1, 0.15) is 5.97 Å². The van der Waals surface area contributed by atoms with Crippen LogP contribution in [0.5, 0.6) is 0 Å². The van der Waals surface area contributed by atoms with Crippen molar-refractivity contribution >= 4 is 5.97 Å². The van der Waals surface area contributed by atoms with Gasteiger partial charge in [0.25, 0.3) is 0 Å². The predicted octanol–water partition coefficient (Wildman–Crippen LogP) is 0.146. The summed E-state index contributed by atoms with van der Waals surface area (Å²) in [5, 5.41) is 0. The maximum atomic E-state index is 9.78. The van der Waals surface area contributed by atoms with E-state index in [0.717, 1.165) is 0 Å². The zero-order chi connectivity index (χ0) is 4.99. The van der Waals surface area contributed by atoms with Crippen LogP contribution in [0.25, 0.3) is 0 Å². The van der Waals surface area contributed by atoms with Crippen molar-refractivity contribution in [3.63, 3.8) is 0 Å². The van der Waals surface area contributed by atoms with Crippen LogP contribution in [0.1, 0.15) is 0 Å². The number of methoxy groups -OCH3 is 1. The van der Waals surface area contributed by atoms with Crippen LogP contribution < -0.4 is 0 Å². The second-order valence-corrected chi connectivity index (χ2v) is 0.668. The first kappa shape index (κ1) is 10.3. The van der Waals surface area contributed by atoms with E-state index in [1.54, 1.807) is 0 Å². The van der Waals surface area contributed by atoms with Crippen molar-refractivity contribution < 1.29 is 42.2 Å². The smallest absolute Gasteiger partial charge is 0.146 e. The van der Waals surface area contributed by atoms with E-state index < -0.39 is 5.97 Å². The van der Waals surface area contributed by atoms with Crippen molar-refractivity contribution in [1.29, 1.82) is 0 Å². The molecule has 0 aliphatic heterocycles. The molecule has 0 atom stereocenters. The Morgan fingerprint density at radius 2 is 2.29 bits per heavy atom. The molecule has 0 N–H and O–H groups in total. The topological polar surface area (TPSA) is 26.3 Å². The first-order chi connectivity index (χ1) is 2.81. The maximum absolute atomic E-state index is 9.78. The number of esters is 1. The van der Waals surface area contributed by atoms with Gasteiger partial charge in [-0.25, -0.2) is 0 Å². The summed E-state index contributed by atoms with van der Waals surface area (Å²) in [5.41, 5.74) is 0. The van der Waals surface area contributed by atoms with Crippen molar-refractivity contribution in [2.45, 2.75) is 0 Å². The summed E-state index contributed by atoms with van der Waals surface area (Å²) in [7, 11) is 1.28. The van der Waals surface area contributed by atoms with Gasteiger partial charge >= 0.3 is 0 Å². The third-order valence-corrected chi connectivity index (χ3v) is 0.330. The molecule has 3 heteroatoms. The fraction of sp³-hybridized carbons (Fsp3) is 0.250. The molecular formula is C4H5O2Y-. The molecule has 0 rings (SSSR count). The normalized spacial score (nSPS) is 5.86. The average molecular weight is 174 g/mol. The van der Waals surface area contributed by atoms with Crippen LogP contribution in [0.3, 0.4) is 0 Å². The summed E-state index contributed by atoms with van der Waals surface area (Å²) >= 11 is 0. The minimum Gasteiger partial charge on any atom is -0.493 e. The van der Waals surface area contributed by atoms with Crippen molar-refractivity contribution in [2.24, 2.45) is 0 Å². The summed E-state index contributed by atoms with van der Waals surface area (Å²) in [6.45, 7) is 3.03. The van der Waals surface area contributed by atoms with E-state index >= 15 is 0 Å². The average Bonchev–Trinajstić information content (AvgIpc) is 1.65. The van der Waals surface area contributed by atoms with Crippen LogP contribution in [-0.4, -0.2) is 13.1 Å². The summed E-state index contributed by atoms with van der Waals surface area (Å²) in [6.07, 6.45) is 2.00. The first-order valence-electron chi connectivity index (χ1n) is 1.42. The molecule has 0 aliphatic rings. The first-order valence-corrected chi connectivity index (χ1v) is 1.42. The van der Waals surface area contributed by atoms with E-state index in [1.165, 1.54) is 7.11 Å². The van der Waals surface area contributed by atoms with Crippen molar-refractivity contribution in [2.75, 3.05) is 7.11 Å². The number of hydrogen-bond acceptors (Lipinski definition) is 2. The summed E-state index contributed by atoms with van der Waals surface area (Å²) in [4.78, 5) is 9.78. The second-order valence-electron chi connectivity index (χ2n) is 0.668. The molecule has 0 aromatic heterocycles. The molecule has 0 unspecified atom stereocenters. The van der Waals surface area contributed by atoms with E-state index in [-0.39, 0.29) is 32.7 Å². The quantitative estimate of drug-likeness (QED) is 0.321. The number of carbonyl (C=O) groups is 1. The Balaban J connectivity index is 0. The minimum atomic E-state index is -0.519. The van der Waals surface area contributed by atoms with Gasteiger partial charge in [0.05, 0.1) is 7.11 Å².